The zero-order valence-corrected chi connectivity index (χ0v) is 16.6. The highest BCUT2D eigenvalue weighted by molar-refractivity contribution is 6.35. The summed E-state index contributed by atoms with van der Waals surface area (Å²) in [4.78, 5) is 25.1. The highest BCUT2D eigenvalue weighted by Crippen LogP contribution is 2.28. The van der Waals surface area contributed by atoms with Crippen molar-refractivity contribution >= 4 is 29.0 Å². The minimum atomic E-state index is -0.626. The van der Waals surface area contributed by atoms with Crippen LogP contribution in [0.15, 0.2) is 23.0 Å². The van der Waals surface area contributed by atoms with E-state index in [4.69, 9.17) is 27.9 Å². The van der Waals surface area contributed by atoms with E-state index >= 15 is 0 Å². The number of aromatic nitrogens is 1. The Hall–Kier alpha value is -2.49. The summed E-state index contributed by atoms with van der Waals surface area (Å²) in [5.74, 6) is -0.775. The fraction of sp³-hybridized carbons (Fsp3) is 0.316. The summed E-state index contributed by atoms with van der Waals surface area (Å²) >= 11 is 11.8. The van der Waals surface area contributed by atoms with Gasteiger partial charge < -0.3 is 9.84 Å². The molecule has 1 N–H and O–H groups in total. The van der Waals surface area contributed by atoms with Gasteiger partial charge in [-0.3, -0.25) is 14.2 Å². The van der Waals surface area contributed by atoms with Crippen molar-refractivity contribution in [2.24, 2.45) is 5.92 Å². The average Bonchev–Trinajstić information content (AvgIpc) is 2.58. The molecule has 0 aliphatic carbocycles. The van der Waals surface area contributed by atoms with Crippen molar-refractivity contribution in [1.82, 2.24) is 4.57 Å². The topological polar surface area (TPSA) is 92.3 Å². The molecule has 0 spiro atoms. The Morgan fingerprint density at radius 1 is 1.37 bits per heavy atom. The monoisotopic (exact) mass is 408 g/mol. The van der Waals surface area contributed by atoms with Crippen LogP contribution in [0.5, 0.6) is 11.6 Å². The Kier molecular flexibility index (Phi) is 6.53. The summed E-state index contributed by atoms with van der Waals surface area (Å²) in [5.41, 5.74) is -0.798. The number of pyridine rings is 1. The first kappa shape index (κ1) is 20.8. The number of hydrogen-bond donors (Lipinski definition) is 1. The molecule has 0 bridgehead atoms. The first-order valence-corrected chi connectivity index (χ1v) is 8.90. The van der Waals surface area contributed by atoms with E-state index in [1.807, 2.05) is 19.9 Å². The molecule has 0 aliphatic heterocycles. The van der Waals surface area contributed by atoms with Crippen LogP contribution in [0.1, 0.15) is 35.3 Å². The Labute approximate surface area is 166 Å². The van der Waals surface area contributed by atoms with Crippen molar-refractivity contribution in [2.75, 3.05) is 6.61 Å². The normalized spacial score (nSPS) is 10.7. The summed E-state index contributed by atoms with van der Waals surface area (Å²) < 4.78 is 6.46. The summed E-state index contributed by atoms with van der Waals surface area (Å²) in [5, 5.41) is 20.5. The lowest BCUT2D eigenvalue weighted by molar-refractivity contribution is 0.0916. The molecule has 0 fully saturated rings. The fourth-order valence-electron chi connectivity index (χ4n) is 2.63. The zero-order chi connectivity index (χ0) is 20.3. The van der Waals surface area contributed by atoms with Crippen LogP contribution in [0.2, 0.25) is 10.0 Å². The summed E-state index contributed by atoms with van der Waals surface area (Å²) in [6, 6.07) is 6.37. The van der Waals surface area contributed by atoms with Gasteiger partial charge in [-0.1, -0.05) is 37.0 Å². The second-order valence-corrected chi connectivity index (χ2v) is 7.25. The van der Waals surface area contributed by atoms with Gasteiger partial charge in [0.05, 0.1) is 10.6 Å². The summed E-state index contributed by atoms with van der Waals surface area (Å²) in [6.45, 7) is 4.89. The van der Waals surface area contributed by atoms with Crippen molar-refractivity contribution in [3.05, 3.63) is 55.3 Å². The second-order valence-electron chi connectivity index (χ2n) is 6.41. The molecule has 0 atom stereocenters. The molecule has 1 aromatic heterocycles. The van der Waals surface area contributed by atoms with Gasteiger partial charge in [0.1, 0.15) is 17.4 Å². The van der Waals surface area contributed by atoms with Gasteiger partial charge in [0, 0.05) is 11.6 Å². The Morgan fingerprint density at radius 2 is 2.04 bits per heavy atom. The average molecular weight is 409 g/mol. The molecule has 142 valence electrons. The predicted octanol–water partition coefficient (Wildman–Crippen LogP) is 3.96. The summed E-state index contributed by atoms with van der Waals surface area (Å²) in [6.07, 6.45) is 0. The number of rotatable bonds is 6. The lowest BCUT2D eigenvalue weighted by atomic mass is 10.0. The molecule has 0 aliphatic rings. The predicted molar refractivity (Wildman–Crippen MR) is 103 cm³/mol. The first-order chi connectivity index (χ1) is 12.7. The molecule has 2 rings (SSSR count). The molecule has 8 heteroatoms. The first-order valence-electron chi connectivity index (χ1n) is 8.14. The molecule has 1 heterocycles. The minimum absolute atomic E-state index is 0.0231. The lowest BCUT2D eigenvalue weighted by Crippen LogP contribution is -2.29. The number of Topliss-reactive ketones (excluding diaryl/α,β-unsaturated/α-hetero) is 1. The van der Waals surface area contributed by atoms with Crippen LogP contribution in [0, 0.1) is 24.2 Å². The molecule has 6 nitrogen and oxygen atoms in total. The van der Waals surface area contributed by atoms with Crippen LogP contribution in [0.3, 0.4) is 0 Å². The van der Waals surface area contributed by atoms with Gasteiger partial charge in [-0.25, -0.2) is 0 Å². The zero-order valence-electron chi connectivity index (χ0n) is 15.0. The Bertz CT molecular complexity index is 991. The number of hydrogen-bond acceptors (Lipinski definition) is 5. The molecule has 2 aromatic rings. The van der Waals surface area contributed by atoms with Crippen molar-refractivity contribution in [3.8, 4) is 17.7 Å². The van der Waals surface area contributed by atoms with Gasteiger partial charge in [-0.05, 0) is 36.6 Å². The molecule has 0 unspecified atom stereocenters. The van der Waals surface area contributed by atoms with Crippen molar-refractivity contribution < 1.29 is 14.6 Å². The quantitative estimate of drug-likeness (QED) is 0.730. The van der Waals surface area contributed by atoms with Gasteiger partial charge in [-0.2, -0.15) is 5.26 Å². The van der Waals surface area contributed by atoms with Crippen LogP contribution in [-0.2, 0) is 6.54 Å². The van der Waals surface area contributed by atoms with Crippen LogP contribution >= 0.6 is 23.2 Å². The third-order valence-electron chi connectivity index (χ3n) is 3.88. The third-order valence-corrected chi connectivity index (χ3v) is 4.41. The summed E-state index contributed by atoms with van der Waals surface area (Å²) in [7, 11) is 0. The maximum absolute atomic E-state index is 12.7. The van der Waals surface area contributed by atoms with Gasteiger partial charge >= 0.3 is 0 Å². The molecule has 27 heavy (non-hydrogen) atoms. The molecule has 0 amide bonds. The van der Waals surface area contributed by atoms with E-state index in [1.54, 1.807) is 6.07 Å². The number of carbonyl (C=O) groups is 1. The third kappa shape index (κ3) is 4.44. The molecular weight excluding hydrogens is 391 g/mol. The minimum Gasteiger partial charge on any atom is -0.494 e. The standard InChI is InChI=1S/C19H18Cl2N2O4/c1-10(2)8-23-18(25)13(7-22)11(3)17(19(23)26)15(24)9-27-16-5-4-12(20)6-14(16)21/h4-6,10,26H,8-9H2,1-3H3. The van der Waals surface area contributed by atoms with Crippen LogP contribution in [0.25, 0.3) is 0 Å². The molecule has 1 aromatic carbocycles. The number of halogens is 2. The number of ketones is 1. The lowest BCUT2D eigenvalue weighted by Gasteiger charge is -2.17. The maximum Gasteiger partial charge on any atom is 0.271 e. The Balaban J connectivity index is 2.43. The van der Waals surface area contributed by atoms with Crippen molar-refractivity contribution in [3.63, 3.8) is 0 Å². The van der Waals surface area contributed by atoms with Gasteiger partial charge in [0.25, 0.3) is 5.56 Å². The van der Waals surface area contributed by atoms with Crippen molar-refractivity contribution in [1.29, 1.82) is 5.26 Å². The smallest absolute Gasteiger partial charge is 0.271 e. The number of benzene rings is 1. The van der Waals surface area contributed by atoms with E-state index in [2.05, 4.69) is 0 Å². The van der Waals surface area contributed by atoms with Crippen molar-refractivity contribution in [2.45, 2.75) is 27.3 Å². The van der Waals surface area contributed by atoms with Crippen LogP contribution in [-0.4, -0.2) is 22.1 Å². The number of aromatic hydroxyl groups is 1. The molecule has 0 radical (unpaired) electrons. The van der Waals surface area contributed by atoms with Crippen LogP contribution in [0.4, 0.5) is 0 Å². The van der Waals surface area contributed by atoms with E-state index < -0.39 is 23.8 Å². The Morgan fingerprint density at radius 3 is 2.59 bits per heavy atom. The van der Waals surface area contributed by atoms with E-state index in [-0.39, 0.29) is 39.9 Å². The van der Waals surface area contributed by atoms with Gasteiger partial charge in [0.2, 0.25) is 11.7 Å². The fourth-order valence-corrected chi connectivity index (χ4v) is 3.09. The molecule has 0 saturated heterocycles. The SMILES string of the molecule is Cc1c(C(=O)COc2ccc(Cl)cc2Cl)c(O)n(CC(C)C)c(=O)c1C#N. The number of carbonyl (C=O) groups excluding carboxylic acids is 1. The number of nitrogens with zero attached hydrogens (tertiary/aromatic N) is 2. The maximum atomic E-state index is 12.7. The highest BCUT2D eigenvalue weighted by Gasteiger charge is 2.24. The van der Waals surface area contributed by atoms with Gasteiger partial charge in [0.15, 0.2) is 6.61 Å². The van der Waals surface area contributed by atoms with Gasteiger partial charge in [-0.15, -0.1) is 0 Å². The van der Waals surface area contributed by atoms with E-state index in [0.717, 1.165) is 4.57 Å². The second kappa shape index (κ2) is 8.47. The van der Waals surface area contributed by atoms with E-state index in [1.165, 1.54) is 19.1 Å². The highest BCUT2D eigenvalue weighted by atomic mass is 35.5. The molecular formula is C19H18Cl2N2O4. The number of ether oxygens (including phenoxy) is 1. The van der Waals surface area contributed by atoms with E-state index in [0.29, 0.717) is 5.02 Å². The number of nitriles is 1. The van der Waals surface area contributed by atoms with E-state index in [9.17, 15) is 20.0 Å². The van der Waals surface area contributed by atoms with Crippen LogP contribution < -0.4 is 10.3 Å². The largest absolute Gasteiger partial charge is 0.494 e. The molecule has 0 saturated carbocycles.